The summed E-state index contributed by atoms with van der Waals surface area (Å²) in [6.07, 6.45) is 0.814. The molecule has 0 bridgehead atoms. The van der Waals surface area contributed by atoms with Crippen LogP contribution in [0.4, 0.5) is 0 Å². The molecule has 3 heteroatoms. The van der Waals surface area contributed by atoms with Crippen LogP contribution >= 0.6 is 23.8 Å². The summed E-state index contributed by atoms with van der Waals surface area (Å²) in [4.78, 5) is 0.542. The fourth-order valence-corrected chi connectivity index (χ4v) is 1.39. The molecule has 13 heavy (non-hydrogen) atoms. The van der Waals surface area contributed by atoms with Gasteiger partial charge in [-0.3, -0.25) is 0 Å². The maximum absolute atomic E-state index is 5.99. The van der Waals surface area contributed by atoms with Gasteiger partial charge in [0.1, 0.15) is 0 Å². The van der Waals surface area contributed by atoms with E-state index in [1.165, 1.54) is 0 Å². The highest BCUT2D eigenvalue weighted by Crippen LogP contribution is 2.18. The Kier molecular flexibility index (Phi) is 3.70. The summed E-state index contributed by atoms with van der Waals surface area (Å²) in [5.74, 6) is 0.204. The van der Waals surface area contributed by atoms with Gasteiger partial charge in [-0.1, -0.05) is 48.9 Å². The molecule has 1 rings (SSSR count). The second-order valence-electron chi connectivity index (χ2n) is 3.10. The average molecular weight is 214 g/mol. The minimum Gasteiger partial charge on any atom is -0.393 e. The van der Waals surface area contributed by atoms with E-state index in [0.29, 0.717) is 4.99 Å². The van der Waals surface area contributed by atoms with E-state index >= 15 is 0 Å². The normalized spacial score (nSPS) is 12.5. The fourth-order valence-electron chi connectivity index (χ4n) is 1.09. The molecule has 0 radical (unpaired) electrons. The highest BCUT2D eigenvalue weighted by molar-refractivity contribution is 7.80. The van der Waals surface area contributed by atoms with Gasteiger partial charge < -0.3 is 5.73 Å². The number of nitrogens with two attached hydrogens (primary N) is 1. The molecule has 1 aromatic carbocycles. The maximum Gasteiger partial charge on any atom is 0.0759 e. The van der Waals surface area contributed by atoms with Gasteiger partial charge in [0.2, 0.25) is 0 Å². The first-order valence-corrected chi connectivity index (χ1v) is 4.92. The van der Waals surface area contributed by atoms with Gasteiger partial charge in [-0.2, -0.15) is 0 Å². The molecule has 2 N–H and O–H groups in total. The van der Waals surface area contributed by atoms with Crippen molar-refractivity contribution in [2.75, 3.05) is 0 Å². The molecule has 0 aliphatic heterocycles. The third kappa shape index (κ3) is 2.98. The third-order valence-corrected chi connectivity index (χ3v) is 2.74. The molecule has 1 atom stereocenters. The minimum absolute atomic E-state index is 0.204. The summed E-state index contributed by atoms with van der Waals surface area (Å²) in [6.45, 7) is 2.01. The van der Waals surface area contributed by atoms with Crippen molar-refractivity contribution in [2.24, 2.45) is 11.7 Å². The average Bonchev–Trinajstić information content (AvgIpc) is 2.08. The molecule has 0 heterocycles. The smallest absolute Gasteiger partial charge is 0.0759 e. The van der Waals surface area contributed by atoms with Crippen LogP contribution in [0.1, 0.15) is 12.5 Å². The van der Waals surface area contributed by atoms with E-state index in [0.717, 1.165) is 17.0 Å². The Hall–Kier alpha value is -0.600. The zero-order valence-corrected chi connectivity index (χ0v) is 9.03. The van der Waals surface area contributed by atoms with Crippen molar-refractivity contribution in [3.05, 3.63) is 34.9 Å². The van der Waals surface area contributed by atoms with Crippen molar-refractivity contribution in [1.29, 1.82) is 0 Å². The lowest BCUT2D eigenvalue weighted by Gasteiger charge is -2.10. The molecule has 0 amide bonds. The van der Waals surface area contributed by atoms with Gasteiger partial charge in [0.15, 0.2) is 0 Å². The molecule has 0 spiro atoms. The molecule has 1 aromatic rings. The Balaban J connectivity index is 2.74. The largest absolute Gasteiger partial charge is 0.393 e. The fraction of sp³-hybridized carbons (Fsp3) is 0.300. The Bertz CT molecular complexity index is 312. The Labute approximate surface area is 88.9 Å². The predicted octanol–water partition coefficient (Wildman–Crippen LogP) is 2.80. The van der Waals surface area contributed by atoms with Crippen LogP contribution in [0.5, 0.6) is 0 Å². The van der Waals surface area contributed by atoms with E-state index in [1.807, 2.05) is 31.2 Å². The summed E-state index contributed by atoms with van der Waals surface area (Å²) in [6, 6.07) is 7.76. The van der Waals surface area contributed by atoms with Crippen LogP contribution in [0, 0.1) is 5.92 Å². The van der Waals surface area contributed by atoms with Gasteiger partial charge >= 0.3 is 0 Å². The van der Waals surface area contributed by atoms with Crippen LogP contribution in [0.15, 0.2) is 24.3 Å². The van der Waals surface area contributed by atoms with E-state index in [2.05, 4.69) is 0 Å². The first kappa shape index (κ1) is 10.5. The summed E-state index contributed by atoms with van der Waals surface area (Å²) in [5.41, 5.74) is 6.62. The number of rotatable bonds is 3. The number of thiocarbonyl (C=S) groups is 1. The van der Waals surface area contributed by atoms with Gasteiger partial charge in [-0.15, -0.1) is 0 Å². The molecule has 0 fully saturated rings. The zero-order chi connectivity index (χ0) is 9.84. The van der Waals surface area contributed by atoms with E-state index < -0.39 is 0 Å². The van der Waals surface area contributed by atoms with Gasteiger partial charge in [-0.05, 0) is 18.1 Å². The van der Waals surface area contributed by atoms with Crippen LogP contribution < -0.4 is 5.73 Å². The SMILES string of the molecule is CC(Cc1ccccc1Cl)C(N)=S. The number of benzene rings is 1. The summed E-state index contributed by atoms with van der Waals surface area (Å²) in [5, 5.41) is 0.783. The predicted molar refractivity (Wildman–Crippen MR) is 61.1 cm³/mol. The summed E-state index contributed by atoms with van der Waals surface area (Å²) in [7, 11) is 0. The number of hydrogen-bond donors (Lipinski definition) is 1. The van der Waals surface area contributed by atoms with Gasteiger partial charge in [0, 0.05) is 10.9 Å². The lowest BCUT2D eigenvalue weighted by atomic mass is 10.0. The monoisotopic (exact) mass is 213 g/mol. The second kappa shape index (κ2) is 4.58. The molecule has 1 nitrogen and oxygen atoms in total. The quantitative estimate of drug-likeness (QED) is 0.782. The lowest BCUT2D eigenvalue weighted by Crippen LogP contribution is -2.20. The van der Waals surface area contributed by atoms with Crippen LogP contribution in [0.25, 0.3) is 0 Å². The Morgan fingerprint density at radius 2 is 2.15 bits per heavy atom. The molecule has 0 saturated carbocycles. The minimum atomic E-state index is 0.204. The topological polar surface area (TPSA) is 26.0 Å². The highest BCUT2D eigenvalue weighted by atomic mass is 35.5. The van der Waals surface area contributed by atoms with Crippen molar-refractivity contribution >= 4 is 28.8 Å². The van der Waals surface area contributed by atoms with Gasteiger partial charge in [0.05, 0.1) is 4.99 Å². The van der Waals surface area contributed by atoms with Crippen LogP contribution in [0.2, 0.25) is 5.02 Å². The molecule has 0 saturated heterocycles. The van der Waals surface area contributed by atoms with Gasteiger partial charge in [-0.25, -0.2) is 0 Å². The van der Waals surface area contributed by atoms with Crippen molar-refractivity contribution < 1.29 is 0 Å². The summed E-state index contributed by atoms with van der Waals surface area (Å²) < 4.78 is 0. The van der Waals surface area contributed by atoms with E-state index in [4.69, 9.17) is 29.6 Å². The van der Waals surface area contributed by atoms with E-state index in [1.54, 1.807) is 0 Å². The van der Waals surface area contributed by atoms with Crippen LogP contribution in [0.3, 0.4) is 0 Å². The van der Waals surface area contributed by atoms with Crippen molar-refractivity contribution in [1.82, 2.24) is 0 Å². The third-order valence-electron chi connectivity index (χ3n) is 1.97. The van der Waals surface area contributed by atoms with Crippen LogP contribution in [-0.2, 0) is 6.42 Å². The first-order valence-electron chi connectivity index (χ1n) is 4.14. The lowest BCUT2D eigenvalue weighted by molar-refractivity contribution is 0.772. The highest BCUT2D eigenvalue weighted by Gasteiger charge is 2.08. The number of halogens is 1. The standard InChI is InChI=1S/C10H12ClNS/c1-7(10(12)13)6-8-4-2-3-5-9(8)11/h2-5,7H,6H2,1H3,(H2,12,13). The van der Waals surface area contributed by atoms with Gasteiger partial charge in [0.25, 0.3) is 0 Å². The van der Waals surface area contributed by atoms with Crippen molar-refractivity contribution in [2.45, 2.75) is 13.3 Å². The molecule has 70 valence electrons. The second-order valence-corrected chi connectivity index (χ2v) is 3.98. The molecular formula is C10H12ClNS. The zero-order valence-electron chi connectivity index (χ0n) is 7.46. The van der Waals surface area contributed by atoms with Crippen molar-refractivity contribution in [3.63, 3.8) is 0 Å². The Morgan fingerprint density at radius 1 is 1.54 bits per heavy atom. The molecule has 0 aliphatic carbocycles. The van der Waals surface area contributed by atoms with Crippen LogP contribution in [-0.4, -0.2) is 4.99 Å². The molecular weight excluding hydrogens is 202 g/mol. The summed E-state index contributed by atoms with van der Waals surface area (Å²) >= 11 is 10.9. The maximum atomic E-state index is 5.99. The van der Waals surface area contributed by atoms with Crippen molar-refractivity contribution in [3.8, 4) is 0 Å². The van der Waals surface area contributed by atoms with E-state index in [9.17, 15) is 0 Å². The number of hydrogen-bond acceptors (Lipinski definition) is 1. The molecule has 0 aliphatic rings. The molecule has 0 aromatic heterocycles. The molecule has 1 unspecified atom stereocenters. The van der Waals surface area contributed by atoms with E-state index in [-0.39, 0.29) is 5.92 Å². The first-order chi connectivity index (χ1) is 6.11. The Morgan fingerprint density at radius 3 is 2.69 bits per heavy atom.